The van der Waals surface area contributed by atoms with Crippen LogP contribution in [0.25, 0.3) is 0 Å². The Morgan fingerprint density at radius 2 is 2.07 bits per heavy atom. The van der Waals surface area contributed by atoms with Crippen molar-refractivity contribution < 1.29 is 9.90 Å². The van der Waals surface area contributed by atoms with Gasteiger partial charge in [0, 0.05) is 19.3 Å². The van der Waals surface area contributed by atoms with Crippen molar-refractivity contribution in [3.63, 3.8) is 0 Å². The highest BCUT2D eigenvalue weighted by Crippen LogP contribution is 2.20. The average Bonchev–Trinajstić information content (AvgIpc) is 2.19. The van der Waals surface area contributed by atoms with E-state index >= 15 is 0 Å². The van der Waals surface area contributed by atoms with Gasteiger partial charge < -0.3 is 10.0 Å². The molecule has 0 bridgehead atoms. The Morgan fingerprint density at radius 1 is 1.47 bits per heavy atom. The van der Waals surface area contributed by atoms with Gasteiger partial charge in [-0.15, -0.1) is 0 Å². The van der Waals surface area contributed by atoms with Gasteiger partial charge in [-0.3, -0.25) is 0 Å². The Kier molecular flexibility index (Phi) is 3.66. The molecule has 1 aromatic rings. The molecular formula is C11H16N2O2. The molecule has 0 aromatic carbocycles. The molecule has 0 aliphatic carbocycles. The molecule has 0 aliphatic rings. The number of aryl methyl sites for hydroxylation is 1. The molecule has 0 amide bonds. The summed E-state index contributed by atoms with van der Waals surface area (Å²) in [5.74, 6) is -0.352. The van der Waals surface area contributed by atoms with E-state index in [4.69, 9.17) is 5.11 Å². The molecule has 0 saturated heterocycles. The van der Waals surface area contributed by atoms with Crippen LogP contribution >= 0.6 is 0 Å². The Morgan fingerprint density at radius 3 is 2.53 bits per heavy atom. The van der Waals surface area contributed by atoms with Crippen LogP contribution in [0.5, 0.6) is 0 Å². The van der Waals surface area contributed by atoms with E-state index in [1.807, 2.05) is 18.7 Å². The van der Waals surface area contributed by atoms with E-state index in [0.29, 0.717) is 11.4 Å². The molecule has 0 saturated carbocycles. The number of aromatic carboxylic acids is 1. The first kappa shape index (κ1) is 11.5. The first-order valence-electron chi connectivity index (χ1n) is 5.05. The van der Waals surface area contributed by atoms with E-state index in [-0.39, 0.29) is 0 Å². The van der Waals surface area contributed by atoms with Crippen molar-refractivity contribution >= 4 is 11.8 Å². The summed E-state index contributed by atoms with van der Waals surface area (Å²) in [5, 5.41) is 9.12. The monoisotopic (exact) mass is 208 g/mol. The lowest BCUT2D eigenvalue weighted by Gasteiger charge is -2.22. The van der Waals surface area contributed by atoms with Crippen LogP contribution in [-0.4, -0.2) is 29.1 Å². The van der Waals surface area contributed by atoms with E-state index in [2.05, 4.69) is 4.98 Å². The number of carboxylic acids is 1. The van der Waals surface area contributed by atoms with Gasteiger partial charge in [0.25, 0.3) is 0 Å². The van der Waals surface area contributed by atoms with Crippen LogP contribution in [0.1, 0.15) is 29.8 Å². The molecule has 1 N–H and O–H groups in total. The van der Waals surface area contributed by atoms with Crippen molar-refractivity contribution in [2.75, 3.05) is 18.0 Å². The minimum absolute atomic E-state index is 0.307. The number of pyridine rings is 1. The van der Waals surface area contributed by atoms with Crippen LogP contribution in [0.15, 0.2) is 12.3 Å². The van der Waals surface area contributed by atoms with Crippen LogP contribution in [0.3, 0.4) is 0 Å². The Hall–Kier alpha value is -1.58. The molecule has 1 rings (SSSR count). The fourth-order valence-corrected chi connectivity index (χ4v) is 1.57. The van der Waals surface area contributed by atoms with Crippen molar-refractivity contribution in [3.05, 3.63) is 23.4 Å². The zero-order valence-electron chi connectivity index (χ0n) is 9.32. The van der Waals surface area contributed by atoms with E-state index < -0.39 is 5.97 Å². The molecular weight excluding hydrogens is 192 g/mol. The number of hydrogen-bond acceptors (Lipinski definition) is 3. The fraction of sp³-hybridized carbons (Fsp3) is 0.455. The number of hydrogen-bond donors (Lipinski definition) is 1. The fourth-order valence-electron chi connectivity index (χ4n) is 1.57. The van der Waals surface area contributed by atoms with E-state index in [1.54, 1.807) is 19.2 Å². The predicted octanol–water partition coefficient (Wildman–Crippen LogP) is 1.93. The standard InChI is InChI=1S/C11H16N2O2/c1-4-13(5-2)10-9(11(14)15)8(3)6-7-12-10/h6-7H,4-5H2,1-3H3,(H,14,15). The summed E-state index contributed by atoms with van der Waals surface area (Å²) in [7, 11) is 0. The lowest BCUT2D eigenvalue weighted by molar-refractivity contribution is 0.0696. The highest BCUT2D eigenvalue weighted by atomic mass is 16.4. The number of carboxylic acid groups (broad SMARTS) is 1. The minimum Gasteiger partial charge on any atom is -0.478 e. The van der Waals surface area contributed by atoms with E-state index in [0.717, 1.165) is 18.7 Å². The summed E-state index contributed by atoms with van der Waals surface area (Å²) >= 11 is 0. The number of aromatic nitrogens is 1. The topological polar surface area (TPSA) is 53.4 Å². The lowest BCUT2D eigenvalue weighted by Crippen LogP contribution is -2.25. The first-order chi connectivity index (χ1) is 7.11. The molecule has 0 atom stereocenters. The maximum absolute atomic E-state index is 11.1. The third kappa shape index (κ3) is 2.26. The second-order valence-corrected chi connectivity index (χ2v) is 3.30. The van der Waals surface area contributed by atoms with Crippen LogP contribution in [0, 0.1) is 6.92 Å². The minimum atomic E-state index is -0.914. The second kappa shape index (κ2) is 4.77. The third-order valence-electron chi connectivity index (χ3n) is 2.42. The van der Waals surface area contributed by atoms with Crippen molar-refractivity contribution in [3.8, 4) is 0 Å². The van der Waals surface area contributed by atoms with Crippen molar-refractivity contribution in [2.45, 2.75) is 20.8 Å². The molecule has 1 aromatic heterocycles. The summed E-state index contributed by atoms with van der Waals surface area (Å²) in [4.78, 5) is 17.2. The lowest BCUT2D eigenvalue weighted by atomic mass is 10.1. The summed E-state index contributed by atoms with van der Waals surface area (Å²) in [6.07, 6.45) is 1.65. The molecule has 0 unspecified atom stereocenters. The van der Waals surface area contributed by atoms with Gasteiger partial charge in [0.15, 0.2) is 0 Å². The van der Waals surface area contributed by atoms with Gasteiger partial charge in [-0.2, -0.15) is 0 Å². The quantitative estimate of drug-likeness (QED) is 0.821. The first-order valence-corrected chi connectivity index (χ1v) is 5.05. The Bertz CT molecular complexity index is 360. The maximum atomic E-state index is 11.1. The van der Waals surface area contributed by atoms with Gasteiger partial charge in [0.2, 0.25) is 0 Å². The van der Waals surface area contributed by atoms with Crippen molar-refractivity contribution in [2.24, 2.45) is 0 Å². The SMILES string of the molecule is CCN(CC)c1nccc(C)c1C(=O)O. The van der Waals surface area contributed by atoms with Gasteiger partial charge in [0.05, 0.1) is 0 Å². The molecule has 0 radical (unpaired) electrons. The molecule has 0 fully saturated rings. The molecule has 4 heteroatoms. The highest BCUT2D eigenvalue weighted by Gasteiger charge is 2.17. The largest absolute Gasteiger partial charge is 0.478 e. The molecule has 82 valence electrons. The molecule has 0 spiro atoms. The third-order valence-corrected chi connectivity index (χ3v) is 2.42. The number of rotatable bonds is 4. The summed E-state index contributed by atoms with van der Waals surface area (Å²) < 4.78 is 0. The van der Waals surface area contributed by atoms with Gasteiger partial charge in [-0.05, 0) is 32.4 Å². The highest BCUT2D eigenvalue weighted by molar-refractivity contribution is 5.94. The van der Waals surface area contributed by atoms with Gasteiger partial charge in [0.1, 0.15) is 11.4 Å². The number of anilines is 1. The zero-order valence-corrected chi connectivity index (χ0v) is 9.32. The van der Waals surface area contributed by atoms with Crippen molar-refractivity contribution in [1.29, 1.82) is 0 Å². The summed E-state index contributed by atoms with van der Waals surface area (Å²) in [6, 6.07) is 1.72. The van der Waals surface area contributed by atoms with Crippen molar-refractivity contribution in [1.82, 2.24) is 4.98 Å². The number of carbonyl (C=O) groups is 1. The van der Waals surface area contributed by atoms with E-state index in [9.17, 15) is 4.79 Å². The summed E-state index contributed by atoms with van der Waals surface area (Å²) in [5.41, 5.74) is 1.06. The van der Waals surface area contributed by atoms with Gasteiger partial charge in [-0.25, -0.2) is 9.78 Å². The van der Waals surface area contributed by atoms with Crippen LogP contribution in [0.2, 0.25) is 0 Å². The van der Waals surface area contributed by atoms with Crippen LogP contribution in [-0.2, 0) is 0 Å². The molecule has 1 heterocycles. The second-order valence-electron chi connectivity index (χ2n) is 3.30. The van der Waals surface area contributed by atoms with Gasteiger partial charge in [-0.1, -0.05) is 0 Å². The van der Waals surface area contributed by atoms with Crippen LogP contribution in [0.4, 0.5) is 5.82 Å². The maximum Gasteiger partial charge on any atom is 0.339 e. The number of nitrogens with zero attached hydrogens (tertiary/aromatic N) is 2. The molecule has 4 nitrogen and oxygen atoms in total. The van der Waals surface area contributed by atoms with Gasteiger partial charge >= 0.3 is 5.97 Å². The zero-order chi connectivity index (χ0) is 11.4. The smallest absolute Gasteiger partial charge is 0.339 e. The average molecular weight is 208 g/mol. The van der Waals surface area contributed by atoms with E-state index in [1.165, 1.54) is 0 Å². The summed E-state index contributed by atoms with van der Waals surface area (Å²) in [6.45, 7) is 7.27. The van der Waals surface area contributed by atoms with Crippen LogP contribution < -0.4 is 4.90 Å². The predicted molar refractivity (Wildman–Crippen MR) is 59.5 cm³/mol. The Balaban J connectivity index is 3.27. The molecule has 0 aliphatic heterocycles. The normalized spacial score (nSPS) is 10.1. The molecule has 15 heavy (non-hydrogen) atoms. The Labute approximate surface area is 89.6 Å².